The van der Waals surface area contributed by atoms with Crippen molar-refractivity contribution in [3.63, 3.8) is 0 Å². The second kappa shape index (κ2) is 29.5. The van der Waals surface area contributed by atoms with Gasteiger partial charge in [-0.1, -0.05) is 57.6 Å². The molecule has 0 amide bonds. The van der Waals surface area contributed by atoms with Gasteiger partial charge in [0.25, 0.3) is 0 Å². The molecule has 186 valence electrons. The molecule has 0 heterocycles. The first-order valence-electron chi connectivity index (χ1n) is 12.6. The maximum atomic E-state index is 8.55. The Bertz CT molecular complexity index is 338. The number of allylic oxidation sites excluding steroid dienone is 2. The highest BCUT2D eigenvalue weighted by Gasteiger charge is 1.95. The van der Waals surface area contributed by atoms with Gasteiger partial charge >= 0.3 is 0 Å². The fourth-order valence-corrected chi connectivity index (χ4v) is 2.97. The van der Waals surface area contributed by atoms with Crippen LogP contribution < -0.4 is 0 Å². The molecule has 0 spiro atoms. The standard InChI is InChI=1S/C25H50O6/c1-2-3-4-5-6-7-8-9-10-11-12-13-14-16-27-18-20-29-22-24-31-25-23-30-21-19-28-17-15-26/h6-7,26H,2-5,8-25H2,1H3/b7-6-. The van der Waals surface area contributed by atoms with Crippen molar-refractivity contribution in [1.29, 1.82) is 0 Å². The Labute approximate surface area is 191 Å². The predicted octanol–water partition coefficient (Wildman–Crippen LogP) is 4.93. The van der Waals surface area contributed by atoms with Gasteiger partial charge in [0.15, 0.2) is 0 Å². The lowest BCUT2D eigenvalue weighted by atomic mass is 10.1. The molecule has 0 atom stereocenters. The SMILES string of the molecule is CCCCC/C=C\CCCCCCCCOCCOCCOCCOCCOCCO. The average molecular weight is 447 g/mol. The van der Waals surface area contributed by atoms with Crippen molar-refractivity contribution in [3.05, 3.63) is 12.2 Å². The van der Waals surface area contributed by atoms with Gasteiger partial charge in [-0.05, 0) is 32.1 Å². The van der Waals surface area contributed by atoms with Gasteiger partial charge in [-0.15, -0.1) is 0 Å². The Balaban J connectivity index is 3.02. The molecule has 6 heteroatoms. The van der Waals surface area contributed by atoms with E-state index in [2.05, 4.69) is 19.1 Å². The third-order valence-corrected chi connectivity index (χ3v) is 4.77. The summed E-state index contributed by atoms with van der Waals surface area (Å²) in [6.07, 6.45) is 19.0. The molecule has 31 heavy (non-hydrogen) atoms. The minimum atomic E-state index is 0.0475. The van der Waals surface area contributed by atoms with Crippen molar-refractivity contribution in [2.45, 2.75) is 77.6 Å². The van der Waals surface area contributed by atoms with E-state index < -0.39 is 0 Å². The number of aliphatic hydroxyl groups is 1. The Morgan fingerprint density at radius 3 is 1.32 bits per heavy atom. The quantitative estimate of drug-likeness (QED) is 0.143. The van der Waals surface area contributed by atoms with Crippen molar-refractivity contribution in [2.75, 3.05) is 72.7 Å². The van der Waals surface area contributed by atoms with E-state index in [1.165, 1.54) is 64.2 Å². The number of rotatable bonds is 27. The summed E-state index contributed by atoms with van der Waals surface area (Å²) in [5, 5.41) is 8.55. The highest BCUT2D eigenvalue weighted by molar-refractivity contribution is 4.81. The van der Waals surface area contributed by atoms with E-state index in [1.807, 2.05) is 0 Å². The molecule has 6 nitrogen and oxygen atoms in total. The van der Waals surface area contributed by atoms with Crippen LogP contribution in [0.4, 0.5) is 0 Å². The molecule has 0 aliphatic heterocycles. The fourth-order valence-electron chi connectivity index (χ4n) is 2.97. The normalized spacial score (nSPS) is 11.7. The van der Waals surface area contributed by atoms with Gasteiger partial charge in [-0.3, -0.25) is 0 Å². The fraction of sp³-hybridized carbons (Fsp3) is 0.920. The van der Waals surface area contributed by atoms with Crippen LogP contribution >= 0.6 is 0 Å². The summed E-state index contributed by atoms with van der Waals surface area (Å²) >= 11 is 0. The van der Waals surface area contributed by atoms with Crippen LogP contribution in [-0.2, 0) is 23.7 Å². The summed E-state index contributed by atoms with van der Waals surface area (Å²) in [5.74, 6) is 0. The Morgan fingerprint density at radius 2 is 0.839 bits per heavy atom. The highest BCUT2D eigenvalue weighted by atomic mass is 16.6. The monoisotopic (exact) mass is 446 g/mol. The molecule has 0 aromatic heterocycles. The Hall–Kier alpha value is -0.500. The maximum Gasteiger partial charge on any atom is 0.0701 e. The van der Waals surface area contributed by atoms with Crippen LogP contribution in [0.25, 0.3) is 0 Å². The number of hydrogen-bond donors (Lipinski definition) is 1. The van der Waals surface area contributed by atoms with Gasteiger partial charge in [-0.25, -0.2) is 0 Å². The molecular formula is C25H50O6. The first-order valence-corrected chi connectivity index (χ1v) is 12.6. The van der Waals surface area contributed by atoms with E-state index in [-0.39, 0.29) is 6.61 Å². The third kappa shape index (κ3) is 29.5. The Kier molecular flexibility index (Phi) is 29.0. The van der Waals surface area contributed by atoms with E-state index in [4.69, 9.17) is 28.8 Å². The second-order valence-electron chi connectivity index (χ2n) is 7.66. The Morgan fingerprint density at radius 1 is 0.452 bits per heavy atom. The lowest BCUT2D eigenvalue weighted by molar-refractivity contribution is -0.0134. The zero-order valence-corrected chi connectivity index (χ0v) is 20.2. The zero-order valence-electron chi connectivity index (χ0n) is 20.2. The summed E-state index contributed by atoms with van der Waals surface area (Å²) in [5.41, 5.74) is 0. The number of unbranched alkanes of at least 4 members (excludes halogenated alkanes) is 9. The highest BCUT2D eigenvalue weighted by Crippen LogP contribution is 2.08. The topological polar surface area (TPSA) is 66.4 Å². The lowest BCUT2D eigenvalue weighted by Gasteiger charge is -2.08. The molecule has 1 N–H and O–H groups in total. The van der Waals surface area contributed by atoms with E-state index >= 15 is 0 Å². The molecule has 0 bridgehead atoms. The molecule has 0 aliphatic carbocycles. The molecule has 0 fully saturated rings. The van der Waals surface area contributed by atoms with Crippen LogP contribution in [0.15, 0.2) is 12.2 Å². The van der Waals surface area contributed by atoms with Gasteiger partial charge in [-0.2, -0.15) is 0 Å². The number of aliphatic hydroxyl groups excluding tert-OH is 1. The molecule has 0 unspecified atom stereocenters. The van der Waals surface area contributed by atoms with Crippen LogP contribution in [0.1, 0.15) is 77.6 Å². The van der Waals surface area contributed by atoms with Crippen LogP contribution in [-0.4, -0.2) is 77.8 Å². The lowest BCUT2D eigenvalue weighted by Crippen LogP contribution is -2.13. The summed E-state index contributed by atoms with van der Waals surface area (Å²) in [6.45, 7) is 8.03. The van der Waals surface area contributed by atoms with Crippen molar-refractivity contribution in [3.8, 4) is 0 Å². The van der Waals surface area contributed by atoms with Gasteiger partial charge in [0.05, 0.1) is 66.1 Å². The van der Waals surface area contributed by atoms with Gasteiger partial charge in [0, 0.05) is 6.61 Å². The molecule has 0 saturated heterocycles. The van der Waals surface area contributed by atoms with Crippen LogP contribution in [0, 0.1) is 0 Å². The molecule has 0 rings (SSSR count). The average Bonchev–Trinajstić information content (AvgIpc) is 2.78. The second-order valence-corrected chi connectivity index (χ2v) is 7.66. The summed E-state index contributed by atoms with van der Waals surface area (Å²) in [6, 6.07) is 0. The van der Waals surface area contributed by atoms with E-state index in [9.17, 15) is 0 Å². The van der Waals surface area contributed by atoms with Gasteiger partial charge in [0.2, 0.25) is 0 Å². The first kappa shape index (κ1) is 30.5. The minimum Gasteiger partial charge on any atom is -0.394 e. The number of hydrogen-bond acceptors (Lipinski definition) is 6. The van der Waals surface area contributed by atoms with E-state index in [0.29, 0.717) is 59.5 Å². The maximum absolute atomic E-state index is 8.55. The van der Waals surface area contributed by atoms with Crippen LogP contribution in [0.2, 0.25) is 0 Å². The van der Waals surface area contributed by atoms with Crippen molar-refractivity contribution in [1.82, 2.24) is 0 Å². The van der Waals surface area contributed by atoms with Crippen LogP contribution in [0.5, 0.6) is 0 Å². The van der Waals surface area contributed by atoms with E-state index in [1.54, 1.807) is 0 Å². The molecular weight excluding hydrogens is 396 g/mol. The van der Waals surface area contributed by atoms with Crippen molar-refractivity contribution in [2.24, 2.45) is 0 Å². The predicted molar refractivity (Wildman–Crippen MR) is 127 cm³/mol. The molecule has 0 aliphatic rings. The van der Waals surface area contributed by atoms with Crippen molar-refractivity contribution >= 4 is 0 Å². The molecule has 0 saturated carbocycles. The van der Waals surface area contributed by atoms with Gasteiger partial charge in [0.1, 0.15) is 0 Å². The van der Waals surface area contributed by atoms with Crippen molar-refractivity contribution < 1.29 is 28.8 Å². The molecule has 0 aromatic rings. The summed E-state index contributed by atoms with van der Waals surface area (Å²) in [4.78, 5) is 0. The summed E-state index contributed by atoms with van der Waals surface area (Å²) in [7, 11) is 0. The molecule has 0 aromatic carbocycles. The number of ether oxygens (including phenoxy) is 5. The van der Waals surface area contributed by atoms with E-state index in [0.717, 1.165) is 13.0 Å². The zero-order chi connectivity index (χ0) is 22.5. The molecule has 0 radical (unpaired) electrons. The largest absolute Gasteiger partial charge is 0.394 e. The smallest absolute Gasteiger partial charge is 0.0701 e. The van der Waals surface area contributed by atoms with Gasteiger partial charge < -0.3 is 28.8 Å². The minimum absolute atomic E-state index is 0.0475. The first-order chi connectivity index (χ1) is 15.4. The third-order valence-electron chi connectivity index (χ3n) is 4.77. The summed E-state index contributed by atoms with van der Waals surface area (Å²) < 4.78 is 26.9. The van der Waals surface area contributed by atoms with Crippen LogP contribution in [0.3, 0.4) is 0 Å².